The number of aromatic nitrogens is 2. The highest BCUT2D eigenvalue weighted by atomic mass is 35.5. The lowest BCUT2D eigenvalue weighted by Crippen LogP contribution is -2.47. The summed E-state index contributed by atoms with van der Waals surface area (Å²) in [5.74, 6) is -0.355. The number of carbonyl (C=O) groups is 1. The van der Waals surface area contributed by atoms with Gasteiger partial charge in [-0.05, 0) is 31.0 Å². The molecule has 1 N–H and O–H groups in total. The summed E-state index contributed by atoms with van der Waals surface area (Å²) in [6, 6.07) is 2.44. The van der Waals surface area contributed by atoms with Gasteiger partial charge in [-0.1, -0.05) is 48.5 Å². The van der Waals surface area contributed by atoms with Crippen LogP contribution in [0.15, 0.2) is 22.5 Å². The van der Waals surface area contributed by atoms with Crippen molar-refractivity contribution in [3.63, 3.8) is 0 Å². The normalized spacial score (nSPS) is 12.6. The van der Waals surface area contributed by atoms with Gasteiger partial charge in [-0.15, -0.1) is 10.2 Å². The zero-order valence-corrected chi connectivity index (χ0v) is 18.7. The first-order valence-electron chi connectivity index (χ1n) is 8.39. The van der Waals surface area contributed by atoms with Crippen LogP contribution >= 0.6 is 34.7 Å². The molecule has 28 heavy (non-hydrogen) atoms. The number of sulfonamides is 1. The number of hydrogen-bond donors (Lipinski definition) is 1. The van der Waals surface area contributed by atoms with Crippen LogP contribution in [0.5, 0.6) is 0 Å². The Kier molecular flexibility index (Phi) is 8.05. The van der Waals surface area contributed by atoms with Gasteiger partial charge in [0.2, 0.25) is 21.1 Å². The van der Waals surface area contributed by atoms with Gasteiger partial charge in [-0.25, -0.2) is 12.8 Å². The highest BCUT2D eigenvalue weighted by molar-refractivity contribution is 8.01. The largest absolute Gasteiger partial charge is 0.299 e. The molecule has 12 heteroatoms. The van der Waals surface area contributed by atoms with Crippen molar-refractivity contribution in [2.24, 2.45) is 0 Å². The number of anilines is 2. The Hall–Kier alpha value is -1.43. The fourth-order valence-corrected chi connectivity index (χ4v) is 5.44. The monoisotopic (exact) mass is 466 g/mol. The number of nitrogens with one attached hydrogen (secondary N) is 1. The van der Waals surface area contributed by atoms with Gasteiger partial charge in [-0.2, -0.15) is 0 Å². The van der Waals surface area contributed by atoms with Gasteiger partial charge < -0.3 is 0 Å². The molecule has 1 unspecified atom stereocenters. The molecular formula is C16H20ClFN4O3S3. The maximum atomic E-state index is 13.5. The van der Waals surface area contributed by atoms with E-state index in [1.165, 1.54) is 35.2 Å². The molecule has 0 radical (unpaired) electrons. The SMILES string of the molecule is CCCSc1nnc(NC(=O)C(CC)N(c2ccc(F)c(Cl)c2)S(C)(=O)=O)s1. The Labute approximate surface area is 176 Å². The molecule has 7 nitrogen and oxygen atoms in total. The standard InChI is InChI=1S/C16H20ClFN4O3S3/c1-4-8-26-16-21-20-15(27-16)19-14(23)13(5-2)22(28(3,24)25)10-6-7-12(18)11(17)9-10/h6-7,9,13H,4-5,8H2,1-3H3,(H,19,20,23). The van der Waals surface area contributed by atoms with E-state index in [2.05, 4.69) is 15.5 Å². The second-order valence-corrected chi connectivity index (χ2v) is 10.4. The third kappa shape index (κ3) is 5.79. The summed E-state index contributed by atoms with van der Waals surface area (Å²) in [7, 11) is -3.85. The zero-order chi connectivity index (χ0) is 20.9. The predicted molar refractivity (Wildman–Crippen MR) is 112 cm³/mol. The van der Waals surface area contributed by atoms with E-state index >= 15 is 0 Å². The number of thioether (sulfide) groups is 1. The van der Waals surface area contributed by atoms with Gasteiger partial charge in [0.15, 0.2) is 4.34 Å². The van der Waals surface area contributed by atoms with Gasteiger partial charge >= 0.3 is 0 Å². The van der Waals surface area contributed by atoms with Gasteiger partial charge in [0.1, 0.15) is 11.9 Å². The summed E-state index contributed by atoms with van der Waals surface area (Å²) in [4.78, 5) is 12.8. The number of benzene rings is 1. The summed E-state index contributed by atoms with van der Waals surface area (Å²) in [5, 5.41) is 10.6. The average molecular weight is 467 g/mol. The first-order chi connectivity index (χ1) is 13.2. The van der Waals surface area contributed by atoms with Gasteiger partial charge in [-0.3, -0.25) is 14.4 Å². The Morgan fingerprint density at radius 2 is 2.11 bits per heavy atom. The summed E-state index contributed by atoms with van der Waals surface area (Å²) in [5.41, 5.74) is 0.104. The molecule has 0 bridgehead atoms. The van der Waals surface area contributed by atoms with E-state index in [-0.39, 0.29) is 22.3 Å². The van der Waals surface area contributed by atoms with Crippen LogP contribution in [0.3, 0.4) is 0 Å². The van der Waals surface area contributed by atoms with Gasteiger partial charge in [0.25, 0.3) is 0 Å². The number of rotatable bonds is 9. The number of carbonyl (C=O) groups excluding carboxylic acids is 1. The Balaban J connectivity index is 2.28. The molecule has 1 aromatic carbocycles. The van der Waals surface area contributed by atoms with Crippen LogP contribution in [0.25, 0.3) is 0 Å². The molecule has 1 amide bonds. The molecule has 0 fully saturated rings. The minimum atomic E-state index is -3.85. The minimum absolute atomic E-state index is 0.104. The van der Waals surface area contributed by atoms with Crippen LogP contribution in [-0.4, -0.2) is 42.6 Å². The number of halogens is 2. The summed E-state index contributed by atoms with van der Waals surface area (Å²) < 4.78 is 39.9. The topological polar surface area (TPSA) is 92.3 Å². The van der Waals surface area contributed by atoms with E-state index in [4.69, 9.17) is 11.6 Å². The van der Waals surface area contributed by atoms with Crippen molar-refractivity contribution >= 4 is 61.4 Å². The molecule has 2 aromatic rings. The van der Waals surface area contributed by atoms with Crippen molar-refractivity contribution in [2.45, 2.75) is 37.1 Å². The lowest BCUT2D eigenvalue weighted by molar-refractivity contribution is -0.117. The molecule has 0 spiro atoms. The van der Waals surface area contributed by atoms with Crippen LogP contribution in [0.2, 0.25) is 5.02 Å². The summed E-state index contributed by atoms with van der Waals surface area (Å²) >= 11 is 8.54. The van der Waals surface area contributed by atoms with Gasteiger partial charge in [0.05, 0.1) is 17.0 Å². The van der Waals surface area contributed by atoms with Crippen LogP contribution in [0.4, 0.5) is 15.2 Å². The first-order valence-corrected chi connectivity index (χ1v) is 12.4. The number of nitrogens with zero attached hydrogens (tertiary/aromatic N) is 3. The molecule has 0 saturated carbocycles. The second kappa shape index (κ2) is 9.86. The highest BCUT2D eigenvalue weighted by Gasteiger charge is 2.32. The molecule has 0 aliphatic heterocycles. The molecule has 2 rings (SSSR count). The lowest BCUT2D eigenvalue weighted by Gasteiger charge is -2.29. The molecule has 0 aliphatic carbocycles. The van der Waals surface area contributed by atoms with E-state index < -0.39 is 27.8 Å². The zero-order valence-electron chi connectivity index (χ0n) is 15.5. The molecule has 154 valence electrons. The van der Waals surface area contributed by atoms with Crippen molar-refractivity contribution in [3.05, 3.63) is 29.0 Å². The predicted octanol–water partition coefficient (Wildman–Crippen LogP) is 4.02. The Morgan fingerprint density at radius 1 is 1.39 bits per heavy atom. The van der Waals surface area contributed by atoms with Crippen LogP contribution in [0, 0.1) is 5.82 Å². The fourth-order valence-electron chi connectivity index (χ4n) is 2.38. The van der Waals surface area contributed by atoms with E-state index in [0.717, 1.165) is 33.1 Å². The lowest BCUT2D eigenvalue weighted by atomic mass is 10.2. The molecule has 1 atom stereocenters. The third-order valence-corrected chi connectivity index (χ3v) is 7.20. The second-order valence-electron chi connectivity index (χ2n) is 5.79. The maximum absolute atomic E-state index is 13.5. The maximum Gasteiger partial charge on any atom is 0.250 e. The Morgan fingerprint density at radius 3 is 2.68 bits per heavy atom. The van der Waals surface area contributed by atoms with Crippen molar-refractivity contribution in [1.82, 2.24) is 10.2 Å². The van der Waals surface area contributed by atoms with Gasteiger partial charge in [0, 0.05) is 5.75 Å². The minimum Gasteiger partial charge on any atom is -0.299 e. The first kappa shape index (κ1) is 22.9. The third-order valence-electron chi connectivity index (χ3n) is 3.55. The molecule has 0 aliphatic rings. The van der Waals surface area contributed by atoms with E-state index in [1.807, 2.05) is 6.92 Å². The van der Waals surface area contributed by atoms with E-state index in [1.54, 1.807) is 6.92 Å². The molecule has 0 saturated heterocycles. The fraction of sp³-hybridized carbons (Fsp3) is 0.438. The highest BCUT2D eigenvalue weighted by Crippen LogP contribution is 2.29. The number of amides is 1. The van der Waals surface area contributed by atoms with Crippen LogP contribution < -0.4 is 9.62 Å². The number of hydrogen-bond acceptors (Lipinski definition) is 7. The van der Waals surface area contributed by atoms with Crippen molar-refractivity contribution in [3.8, 4) is 0 Å². The van der Waals surface area contributed by atoms with E-state index in [9.17, 15) is 17.6 Å². The summed E-state index contributed by atoms with van der Waals surface area (Å²) in [6.07, 6.45) is 2.14. The Bertz CT molecular complexity index is 939. The molecular weight excluding hydrogens is 447 g/mol. The van der Waals surface area contributed by atoms with Crippen molar-refractivity contribution in [1.29, 1.82) is 0 Å². The van der Waals surface area contributed by atoms with Crippen LogP contribution in [0.1, 0.15) is 26.7 Å². The van der Waals surface area contributed by atoms with Crippen molar-refractivity contribution in [2.75, 3.05) is 21.6 Å². The van der Waals surface area contributed by atoms with Crippen LogP contribution in [-0.2, 0) is 14.8 Å². The van der Waals surface area contributed by atoms with Crippen molar-refractivity contribution < 1.29 is 17.6 Å². The molecule has 1 heterocycles. The smallest absolute Gasteiger partial charge is 0.250 e. The average Bonchev–Trinajstić information content (AvgIpc) is 3.06. The summed E-state index contributed by atoms with van der Waals surface area (Å²) in [6.45, 7) is 3.72. The molecule has 1 aromatic heterocycles. The quantitative estimate of drug-likeness (QED) is 0.443. The van der Waals surface area contributed by atoms with E-state index in [0.29, 0.717) is 0 Å².